The third-order valence-electron chi connectivity index (χ3n) is 3.90. The first-order valence-corrected chi connectivity index (χ1v) is 9.49. The van der Waals surface area contributed by atoms with Crippen LogP contribution in [0, 0.1) is 0 Å². The molecule has 0 aliphatic rings. The van der Waals surface area contributed by atoms with E-state index < -0.39 is 11.9 Å². The lowest BCUT2D eigenvalue weighted by Crippen LogP contribution is -2.16. The number of carbonyl (C=O) groups excluding carboxylic acids is 2. The molecule has 0 atom stereocenters. The Bertz CT molecular complexity index is 884. The molecule has 8 heteroatoms. The molecule has 0 aliphatic heterocycles. The van der Waals surface area contributed by atoms with E-state index in [4.69, 9.17) is 30.5 Å². The Morgan fingerprint density at radius 1 is 1.07 bits per heavy atom. The number of anilines is 1. The lowest BCUT2D eigenvalue weighted by Gasteiger charge is -2.15. The maximum atomic E-state index is 12.8. The molecular formula is C21H24ClNO6. The predicted octanol–water partition coefficient (Wildman–Crippen LogP) is 4.58. The molecule has 0 aromatic heterocycles. The maximum absolute atomic E-state index is 12.8. The molecule has 29 heavy (non-hydrogen) atoms. The van der Waals surface area contributed by atoms with Gasteiger partial charge in [0.1, 0.15) is 5.75 Å². The van der Waals surface area contributed by atoms with Gasteiger partial charge in [0.15, 0.2) is 11.5 Å². The second-order valence-electron chi connectivity index (χ2n) is 5.92. The van der Waals surface area contributed by atoms with E-state index in [1.807, 2.05) is 13.8 Å². The highest BCUT2D eigenvalue weighted by Gasteiger charge is 2.19. The molecule has 0 heterocycles. The van der Waals surface area contributed by atoms with Gasteiger partial charge in [0.2, 0.25) is 0 Å². The molecule has 0 unspecified atom stereocenters. The molecule has 0 fully saturated rings. The number of methoxy groups -OCH3 is 2. The van der Waals surface area contributed by atoms with E-state index in [1.54, 1.807) is 18.2 Å². The van der Waals surface area contributed by atoms with E-state index in [1.165, 1.54) is 26.4 Å². The second-order valence-corrected chi connectivity index (χ2v) is 6.33. The highest BCUT2D eigenvalue weighted by Crippen LogP contribution is 2.37. The third-order valence-corrected chi connectivity index (χ3v) is 4.18. The summed E-state index contributed by atoms with van der Waals surface area (Å²) < 4.78 is 21.1. The van der Waals surface area contributed by atoms with Gasteiger partial charge in [-0.05, 0) is 43.7 Å². The van der Waals surface area contributed by atoms with Gasteiger partial charge < -0.3 is 24.3 Å². The van der Waals surface area contributed by atoms with Crippen molar-refractivity contribution < 1.29 is 28.5 Å². The normalized spacial score (nSPS) is 10.2. The van der Waals surface area contributed by atoms with E-state index in [9.17, 15) is 9.59 Å². The highest BCUT2D eigenvalue weighted by atomic mass is 35.5. The summed E-state index contributed by atoms with van der Waals surface area (Å²) in [5.74, 6) is 0.163. The molecule has 1 amide bonds. The lowest BCUT2D eigenvalue weighted by atomic mass is 10.1. The summed E-state index contributed by atoms with van der Waals surface area (Å²) in [4.78, 5) is 24.9. The molecule has 0 radical (unpaired) electrons. The lowest BCUT2D eigenvalue weighted by molar-refractivity contribution is 0.0601. The molecule has 7 nitrogen and oxygen atoms in total. The van der Waals surface area contributed by atoms with Gasteiger partial charge in [0.25, 0.3) is 5.91 Å². The van der Waals surface area contributed by atoms with Crippen LogP contribution in [-0.2, 0) is 4.74 Å². The van der Waals surface area contributed by atoms with Gasteiger partial charge in [-0.15, -0.1) is 0 Å². The van der Waals surface area contributed by atoms with Crippen LogP contribution in [0.4, 0.5) is 5.69 Å². The van der Waals surface area contributed by atoms with Crippen LogP contribution in [0.3, 0.4) is 0 Å². The third kappa shape index (κ3) is 5.54. The van der Waals surface area contributed by atoms with Crippen molar-refractivity contribution >= 4 is 29.2 Å². The SMILES string of the molecule is CCCOc1c(Cl)cc(C(=O)Nc2ccc(OC)cc2C(=O)OC)cc1OCC. The number of carbonyl (C=O) groups is 2. The van der Waals surface area contributed by atoms with Crippen molar-refractivity contribution in [2.75, 3.05) is 32.8 Å². The Balaban J connectivity index is 2.37. The number of rotatable bonds is 9. The zero-order chi connectivity index (χ0) is 21.4. The zero-order valence-corrected chi connectivity index (χ0v) is 17.6. The molecule has 0 aliphatic carbocycles. The summed E-state index contributed by atoms with van der Waals surface area (Å²) in [5.41, 5.74) is 0.705. The minimum atomic E-state index is -0.601. The van der Waals surface area contributed by atoms with Gasteiger partial charge >= 0.3 is 5.97 Å². The van der Waals surface area contributed by atoms with Crippen molar-refractivity contribution in [2.45, 2.75) is 20.3 Å². The van der Waals surface area contributed by atoms with Crippen LogP contribution in [0.1, 0.15) is 41.0 Å². The van der Waals surface area contributed by atoms with Crippen LogP contribution in [0.25, 0.3) is 0 Å². The summed E-state index contributed by atoms with van der Waals surface area (Å²) in [5, 5.41) is 2.96. The van der Waals surface area contributed by atoms with Crippen molar-refractivity contribution in [3.8, 4) is 17.2 Å². The molecule has 2 aromatic carbocycles. The van der Waals surface area contributed by atoms with E-state index in [2.05, 4.69) is 5.32 Å². The van der Waals surface area contributed by atoms with E-state index in [0.717, 1.165) is 6.42 Å². The fourth-order valence-corrected chi connectivity index (χ4v) is 2.80. The smallest absolute Gasteiger partial charge is 0.340 e. The Morgan fingerprint density at radius 3 is 2.45 bits per heavy atom. The molecule has 0 saturated heterocycles. The Kier molecular flexibility index (Phi) is 8.15. The van der Waals surface area contributed by atoms with Crippen molar-refractivity contribution in [2.24, 2.45) is 0 Å². The van der Waals surface area contributed by atoms with E-state index >= 15 is 0 Å². The van der Waals surface area contributed by atoms with E-state index in [-0.39, 0.29) is 21.8 Å². The van der Waals surface area contributed by atoms with Crippen molar-refractivity contribution in [3.63, 3.8) is 0 Å². The van der Waals surface area contributed by atoms with Crippen LogP contribution in [0.5, 0.6) is 17.2 Å². The van der Waals surface area contributed by atoms with Crippen molar-refractivity contribution in [1.82, 2.24) is 0 Å². The number of halogens is 1. The van der Waals surface area contributed by atoms with Crippen LogP contribution in [0.2, 0.25) is 5.02 Å². The van der Waals surface area contributed by atoms with Crippen molar-refractivity contribution in [1.29, 1.82) is 0 Å². The quantitative estimate of drug-likeness (QED) is 0.597. The van der Waals surface area contributed by atoms with Gasteiger partial charge in [0.05, 0.1) is 43.7 Å². The minimum absolute atomic E-state index is 0.166. The largest absolute Gasteiger partial charge is 0.497 e. The summed E-state index contributed by atoms with van der Waals surface area (Å²) in [6.07, 6.45) is 0.803. The van der Waals surface area contributed by atoms with Crippen LogP contribution < -0.4 is 19.5 Å². The van der Waals surface area contributed by atoms with Gasteiger partial charge in [-0.2, -0.15) is 0 Å². The summed E-state index contributed by atoms with van der Waals surface area (Å²) in [7, 11) is 2.74. The summed E-state index contributed by atoms with van der Waals surface area (Å²) in [6, 6.07) is 7.72. The number of esters is 1. The maximum Gasteiger partial charge on any atom is 0.340 e. The van der Waals surface area contributed by atoms with Gasteiger partial charge in [-0.3, -0.25) is 4.79 Å². The van der Waals surface area contributed by atoms with Crippen molar-refractivity contribution in [3.05, 3.63) is 46.5 Å². The number of hydrogen-bond acceptors (Lipinski definition) is 6. The van der Waals surface area contributed by atoms with Crippen LogP contribution in [0.15, 0.2) is 30.3 Å². The average molecular weight is 422 g/mol. The first-order chi connectivity index (χ1) is 13.9. The number of nitrogens with one attached hydrogen (secondary N) is 1. The predicted molar refractivity (Wildman–Crippen MR) is 111 cm³/mol. The average Bonchev–Trinajstić information content (AvgIpc) is 2.72. The molecule has 2 aromatic rings. The molecule has 0 bridgehead atoms. The van der Waals surface area contributed by atoms with Gasteiger partial charge in [-0.1, -0.05) is 18.5 Å². The van der Waals surface area contributed by atoms with Crippen LogP contribution >= 0.6 is 11.6 Å². The molecule has 2 rings (SSSR count). The number of benzene rings is 2. The minimum Gasteiger partial charge on any atom is -0.497 e. The highest BCUT2D eigenvalue weighted by molar-refractivity contribution is 6.32. The molecular weight excluding hydrogens is 398 g/mol. The standard InChI is InChI=1S/C21H24ClNO6/c1-5-9-29-19-16(22)10-13(11-18(19)28-6-2)20(24)23-17-8-7-14(26-3)12-15(17)21(25)27-4/h7-8,10-12H,5-6,9H2,1-4H3,(H,23,24). The molecule has 1 N–H and O–H groups in total. The number of hydrogen-bond donors (Lipinski definition) is 1. The van der Waals surface area contributed by atoms with Gasteiger partial charge in [-0.25, -0.2) is 4.79 Å². The Hall–Kier alpha value is -2.93. The number of ether oxygens (including phenoxy) is 4. The molecule has 0 saturated carbocycles. The fraction of sp³-hybridized carbons (Fsp3) is 0.333. The summed E-state index contributed by atoms with van der Waals surface area (Å²) in [6.45, 7) is 4.66. The summed E-state index contributed by atoms with van der Waals surface area (Å²) >= 11 is 6.32. The second kappa shape index (κ2) is 10.6. The molecule has 0 spiro atoms. The monoisotopic (exact) mass is 421 g/mol. The Morgan fingerprint density at radius 2 is 1.83 bits per heavy atom. The van der Waals surface area contributed by atoms with E-state index in [0.29, 0.717) is 30.5 Å². The Labute approximate surface area is 174 Å². The zero-order valence-electron chi connectivity index (χ0n) is 16.8. The molecule has 156 valence electrons. The fourth-order valence-electron chi connectivity index (χ4n) is 2.54. The first-order valence-electron chi connectivity index (χ1n) is 9.11. The topological polar surface area (TPSA) is 83.1 Å². The number of amides is 1. The first kappa shape index (κ1) is 22.4. The van der Waals surface area contributed by atoms with Gasteiger partial charge in [0, 0.05) is 5.56 Å². The van der Waals surface area contributed by atoms with Crippen LogP contribution in [-0.4, -0.2) is 39.3 Å².